The second kappa shape index (κ2) is 5.65. The van der Waals surface area contributed by atoms with Gasteiger partial charge in [0.2, 0.25) is 5.88 Å². The molecule has 18 heavy (non-hydrogen) atoms. The molecule has 1 fully saturated rings. The third-order valence-electron chi connectivity index (χ3n) is 2.94. The Labute approximate surface area is 109 Å². The van der Waals surface area contributed by atoms with E-state index in [4.69, 9.17) is 4.74 Å². The van der Waals surface area contributed by atoms with Crippen molar-refractivity contribution in [3.05, 3.63) is 18.1 Å². The van der Waals surface area contributed by atoms with Gasteiger partial charge in [-0.05, 0) is 33.1 Å². The minimum Gasteiger partial charge on any atom is -0.477 e. The Morgan fingerprint density at radius 1 is 1.33 bits per heavy atom. The van der Waals surface area contributed by atoms with Crippen LogP contribution in [-0.4, -0.2) is 22.1 Å². The van der Waals surface area contributed by atoms with E-state index in [1.165, 1.54) is 12.8 Å². The molecule has 1 aliphatic carbocycles. The summed E-state index contributed by atoms with van der Waals surface area (Å²) in [4.78, 5) is 8.62. The molecule has 0 atom stereocenters. The Bertz CT molecular complexity index is 383. The first-order valence-electron chi connectivity index (χ1n) is 6.72. The number of hydrogen-bond donors (Lipinski definition) is 1. The van der Waals surface area contributed by atoms with Gasteiger partial charge in [-0.3, -0.25) is 4.98 Å². The third kappa shape index (κ3) is 5.00. The summed E-state index contributed by atoms with van der Waals surface area (Å²) >= 11 is 0. The van der Waals surface area contributed by atoms with Gasteiger partial charge in [0, 0.05) is 18.3 Å². The lowest BCUT2D eigenvalue weighted by Gasteiger charge is -2.20. The van der Waals surface area contributed by atoms with Crippen LogP contribution in [0.4, 0.5) is 0 Å². The Morgan fingerprint density at radius 3 is 2.78 bits per heavy atom. The van der Waals surface area contributed by atoms with Gasteiger partial charge in [0.05, 0.1) is 18.5 Å². The van der Waals surface area contributed by atoms with Crippen LogP contribution in [0, 0.1) is 5.92 Å². The molecule has 0 unspecified atom stereocenters. The lowest BCUT2D eigenvalue weighted by molar-refractivity contribution is 0.288. The number of rotatable bonds is 6. The fourth-order valence-corrected chi connectivity index (χ4v) is 1.63. The average Bonchev–Trinajstić information content (AvgIpc) is 3.10. The van der Waals surface area contributed by atoms with Gasteiger partial charge >= 0.3 is 0 Å². The molecule has 0 saturated heterocycles. The van der Waals surface area contributed by atoms with Crippen molar-refractivity contribution in [1.82, 2.24) is 15.3 Å². The Hall–Kier alpha value is -1.16. The Kier molecular flexibility index (Phi) is 4.17. The molecule has 2 rings (SSSR count). The molecule has 0 amide bonds. The van der Waals surface area contributed by atoms with Crippen LogP contribution < -0.4 is 10.1 Å². The molecule has 0 aromatic carbocycles. The van der Waals surface area contributed by atoms with Gasteiger partial charge in [0.1, 0.15) is 0 Å². The van der Waals surface area contributed by atoms with E-state index in [-0.39, 0.29) is 5.54 Å². The third-order valence-corrected chi connectivity index (χ3v) is 2.94. The van der Waals surface area contributed by atoms with E-state index in [0.717, 1.165) is 31.2 Å². The number of aromatic nitrogens is 2. The van der Waals surface area contributed by atoms with Crippen molar-refractivity contribution >= 4 is 0 Å². The highest BCUT2D eigenvalue weighted by atomic mass is 16.5. The molecule has 4 nitrogen and oxygen atoms in total. The lowest BCUT2D eigenvalue weighted by Crippen LogP contribution is -2.35. The average molecular weight is 249 g/mol. The Morgan fingerprint density at radius 2 is 2.11 bits per heavy atom. The number of ether oxygens (including phenoxy) is 1. The molecule has 0 spiro atoms. The summed E-state index contributed by atoms with van der Waals surface area (Å²) < 4.78 is 5.63. The maximum atomic E-state index is 5.63. The van der Waals surface area contributed by atoms with Crippen molar-refractivity contribution < 1.29 is 4.74 Å². The predicted octanol–water partition coefficient (Wildman–Crippen LogP) is 2.54. The number of nitrogens with zero attached hydrogens (tertiary/aromatic N) is 2. The minimum absolute atomic E-state index is 0.0878. The van der Waals surface area contributed by atoms with E-state index in [2.05, 4.69) is 36.1 Å². The van der Waals surface area contributed by atoms with Crippen LogP contribution in [-0.2, 0) is 6.54 Å². The van der Waals surface area contributed by atoms with E-state index in [0.29, 0.717) is 5.88 Å². The zero-order valence-corrected chi connectivity index (χ0v) is 11.6. The van der Waals surface area contributed by atoms with Gasteiger partial charge in [-0.25, -0.2) is 4.98 Å². The van der Waals surface area contributed by atoms with Gasteiger partial charge in [0.25, 0.3) is 0 Å². The van der Waals surface area contributed by atoms with Gasteiger partial charge in [-0.1, -0.05) is 12.8 Å². The summed E-state index contributed by atoms with van der Waals surface area (Å²) in [6.07, 6.45) is 7.35. The van der Waals surface area contributed by atoms with Crippen LogP contribution in [0.2, 0.25) is 0 Å². The smallest absolute Gasteiger partial charge is 0.232 e. The monoisotopic (exact) mass is 249 g/mol. The lowest BCUT2D eigenvalue weighted by atomic mass is 10.1. The molecule has 1 aromatic rings. The van der Waals surface area contributed by atoms with Crippen LogP contribution in [0.5, 0.6) is 5.88 Å². The molecule has 4 heteroatoms. The zero-order chi connectivity index (χ0) is 13.0. The second-order valence-corrected chi connectivity index (χ2v) is 6.03. The van der Waals surface area contributed by atoms with Crippen molar-refractivity contribution in [2.45, 2.75) is 52.1 Å². The van der Waals surface area contributed by atoms with Crippen LogP contribution in [0.25, 0.3) is 0 Å². The fraction of sp³-hybridized carbons (Fsp3) is 0.714. The highest BCUT2D eigenvalue weighted by Gasteiger charge is 2.20. The summed E-state index contributed by atoms with van der Waals surface area (Å²) in [7, 11) is 0. The molecule has 0 aliphatic heterocycles. The summed E-state index contributed by atoms with van der Waals surface area (Å²) in [5.41, 5.74) is 1.01. The van der Waals surface area contributed by atoms with E-state index < -0.39 is 0 Å². The number of nitrogens with one attached hydrogen (secondary N) is 1. The van der Waals surface area contributed by atoms with Crippen LogP contribution >= 0.6 is 0 Å². The summed E-state index contributed by atoms with van der Waals surface area (Å²) in [5.74, 6) is 1.53. The first kappa shape index (κ1) is 13.3. The molecule has 100 valence electrons. The second-order valence-electron chi connectivity index (χ2n) is 6.03. The quantitative estimate of drug-likeness (QED) is 0.841. The molecule has 1 heterocycles. The van der Waals surface area contributed by atoms with E-state index in [1.54, 1.807) is 12.4 Å². The van der Waals surface area contributed by atoms with Gasteiger partial charge in [0.15, 0.2) is 0 Å². The van der Waals surface area contributed by atoms with Gasteiger partial charge < -0.3 is 10.1 Å². The van der Waals surface area contributed by atoms with Gasteiger partial charge in [-0.2, -0.15) is 0 Å². The maximum Gasteiger partial charge on any atom is 0.232 e. The molecule has 1 aromatic heterocycles. The van der Waals surface area contributed by atoms with Gasteiger partial charge in [-0.15, -0.1) is 0 Å². The summed E-state index contributed by atoms with van der Waals surface area (Å²) in [6, 6.07) is 0. The van der Waals surface area contributed by atoms with E-state index in [1.807, 2.05) is 0 Å². The molecule has 0 bridgehead atoms. The first-order chi connectivity index (χ1) is 8.53. The summed E-state index contributed by atoms with van der Waals surface area (Å²) in [6.45, 7) is 7.88. The highest BCUT2D eigenvalue weighted by Crippen LogP contribution is 2.32. The van der Waals surface area contributed by atoms with Crippen molar-refractivity contribution in [3.63, 3.8) is 0 Å². The molecule has 1 saturated carbocycles. The largest absolute Gasteiger partial charge is 0.477 e. The summed E-state index contributed by atoms with van der Waals surface area (Å²) in [5, 5.41) is 3.39. The van der Waals surface area contributed by atoms with Crippen molar-refractivity contribution in [3.8, 4) is 5.88 Å². The predicted molar refractivity (Wildman–Crippen MR) is 71.5 cm³/mol. The van der Waals surface area contributed by atoms with Crippen molar-refractivity contribution in [1.29, 1.82) is 0 Å². The first-order valence-corrected chi connectivity index (χ1v) is 6.72. The highest BCUT2D eigenvalue weighted by molar-refractivity contribution is 5.08. The van der Waals surface area contributed by atoms with Crippen LogP contribution in [0.3, 0.4) is 0 Å². The molecular formula is C14H23N3O. The topological polar surface area (TPSA) is 47.0 Å². The molecule has 1 N–H and O–H groups in total. The standard InChI is InChI=1S/C14H23N3O/c1-14(2,3)16-9-12-8-15-10-13(17-12)18-7-6-11-4-5-11/h8,10-11,16H,4-7,9H2,1-3H3. The van der Waals surface area contributed by atoms with Crippen LogP contribution in [0.1, 0.15) is 45.7 Å². The maximum absolute atomic E-state index is 5.63. The molecule has 0 radical (unpaired) electrons. The molecule has 1 aliphatic rings. The van der Waals surface area contributed by atoms with E-state index >= 15 is 0 Å². The normalized spacial score (nSPS) is 15.7. The number of hydrogen-bond acceptors (Lipinski definition) is 4. The SMILES string of the molecule is CC(C)(C)NCc1cncc(OCCC2CC2)n1. The van der Waals surface area contributed by atoms with E-state index in [9.17, 15) is 0 Å². The van der Waals surface area contributed by atoms with Crippen LogP contribution in [0.15, 0.2) is 12.4 Å². The Balaban J connectivity index is 1.79. The molecular weight excluding hydrogens is 226 g/mol. The minimum atomic E-state index is 0.0878. The van der Waals surface area contributed by atoms with Crippen molar-refractivity contribution in [2.24, 2.45) is 5.92 Å². The fourth-order valence-electron chi connectivity index (χ4n) is 1.63. The van der Waals surface area contributed by atoms with Crippen molar-refractivity contribution in [2.75, 3.05) is 6.61 Å². The zero-order valence-electron chi connectivity index (χ0n) is 11.6.